The molecule has 1 heterocycles. The van der Waals surface area contributed by atoms with Crippen molar-refractivity contribution in [1.82, 2.24) is 0 Å². The summed E-state index contributed by atoms with van der Waals surface area (Å²) < 4.78 is 23.0. The van der Waals surface area contributed by atoms with E-state index in [1.165, 1.54) is 26.4 Å². The monoisotopic (exact) mass is 498 g/mol. The summed E-state index contributed by atoms with van der Waals surface area (Å²) in [6.07, 6.45) is 7.05. The van der Waals surface area contributed by atoms with Gasteiger partial charge in [-0.2, -0.15) is 0 Å². The van der Waals surface area contributed by atoms with E-state index < -0.39 is 48.1 Å². The average Bonchev–Trinajstić information content (AvgIpc) is 2.83. The summed E-state index contributed by atoms with van der Waals surface area (Å²) >= 11 is 0. The predicted molar refractivity (Wildman–Crippen MR) is 129 cm³/mol. The molecule has 1 saturated heterocycles. The molecule has 0 spiro atoms. The van der Waals surface area contributed by atoms with E-state index in [1.807, 2.05) is 0 Å². The maximum absolute atomic E-state index is 12.9. The first-order valence-electron chi connectivity index (χ1n) is 12.2. The molecule has 0 amide bonds. The molecule has 0 aromatic rings. The third-order valence-corrected chi connectivity index (χ3v) is 6.26. The molecule has 0 unspecified atom stereocenters. The highest BCUT2D eigenvalue weighted by atomic mass is 16.7. The molecule has 0 saturated carbocycles. The number of aldehydes is 1. The first kappa shape index (κ1) is 31.0. The second kappa shape index (κ2) is 15.1. The number of ether oxygens (including phenoxy) is 4. The van der Waals surface area contributed by atoms with Crippen LogP contribution in [-0.2, 0) is 33.3 Å². The molecule has 0 aliphatic carbocycles. The number of hydrogen-bond acceptors (Lipinski definition) is 9. The lowest BCUT2D eigenvalue weighted by molar-refractivity contribution is -0.338. The topological polar surface area (TPSA) is 129 Å². The van der Waals surface area contributed by atoms with Crippen molar-refractivity contribution in [3.8, 4) is 0 Å². The molecule has 0 aromatic carbocycles. The number of aliphatic hydroxyl groups excluding tert-OH is 2. The van der Waals surface area contributed by atoms with E-state index in [2.05, 4.69) is 6.92 Å². The van der Waals surface area contributed by atoms with Crippen LogP contribution in [0.3, 0.4) is 0 Å². The van der Waals surface area contributed by atoms with Crippen molar-refractivity contribution in [1.29, 1.82) is 0 Å². The Morgan fingerprint density at radius 2 is 1.91 bits per heavy atom. The summed E-state index contributed by atoms with van der Waals surface area (Å²) in [5.74, 6) is -2.74. The number of allylic oxidation sites excluding steroid dienone is 1. The van der Waals surface area contributed by atoms with E-state index in [0.717, 1.165) is 25.7 Å². The normalized spacial score (nSPS) is 24.9. The Morgan fingerprint density at radius 3 is 2.49 bits per heavy atom. The number of aliphatic hydroxyl groups is 2. The lowest BCUT2D eigenvalue weighted by Gasteiger charge is -2.53. The minimum Gasteiger partial charge on any atom is -0.466 e. The van der Waals surface area contributed by atoms with Crippen molar-refractivity contribution in [2.45, 2.75) is 96.2 Å². The maximum Gasteiger partial charge on any atom is 0.330 e. The number of rotatable bonds is 15. The van der Waals surface area contributed by atoms with Gasteiger partial charge in [-0.25, -0.2) is 4.79 Å². The quantitative estimate of drug-likeness (QED) is 0.151. The van der Waals surface area contributed by atoms with Gasteiger partial charge in [-0.05, 0) is 24.5 Å². The van der Waals surface area contributed by atoms with Crippen molar-refractivity contribution in [2.75, 3.05) is 20.8 Å². The van der Waals surface area contributed by atoms with E-state index in [4.69, 9.17) is 18.9 Å². The molecule has 0 radical (unpaired) electrons. The van der Waals surface area contributed by atoms with Crippen molar-refractivity contribution in [3.05, 3.63) is 23.8 Å². The number of methoxy groups -OCH3 is 2. The zero-order chi connectivity index (χ0) is 26.5. The minimum absolute atomic E-state index is 0.0473. The Bertz CT molecular complexity index is 743. The number of carbonyl (C=O) groups is 3. The second-order valence-electron chi connectivity index (χ2n) is 9.38. The van der Waals surface area contributed by atoms with E-state index in [1.54, 1.807) is 19.9 Å². The van der Waals surface area contributed by atoms with Gasteiger partial charge >= 0.3 is 11.9 Å². The molecule has 1 fully saturated rings. The molecular weight excluding hydrogens is 456 g/mol. The largest absolute Gasteiger partial charge is 0.466 e. The van der Waals surface area contributed by atoms with Gasteiger partial charge in [0.15, 0.2) is 6.10 Å². The van der Waals surface area contributed by atoms with Crippen LogP contribution in [-0.4, -0.2) is 73.4 Å². The molecule has 0 aromatic heterocycles. The number of esters is 2. The smallest absolute Gasteiger partial charge is 0.330 e. The van der Waals surface area contributed by atoms with Crippen molar-refractivity contribution in [2.24, 2.45) is 5.41 Å². The molecule has 2 N–H and O–H groups in total. The molecule has 35 heavy (non-hydrogen) atoms. The van der Waals surface area contributed by atoms with Crippen LogP contribution in [0.4, 0.5) is 0 Å². The Labute approximate surface area is 208 Å². The van der Waals surface area contributed by atoms with Gasteiger partial charge in [0.25, 0.3) is 0 Å². The maximum atomic E-state index is 12.9. The fourth-order valence-corrected chi connectivity index (χ4v) is 4.34. The highest BCUT2D eigenvalue weighted by molar-refractivity contribution is 5.83. The van der Waals surface area contributed by atoms with Crippen LogP contribution in [0.1, 0.15) is 72.1 Å². The summed E-state index contributed by atoms with van der Waals surface area (Å²) in [6.45, 7) is 5.15. The molecule has 9 nitrogen and oxygen atoms in total. The van der Waals surface area contributed by atoms with Crippen molar-refractivity contribution in [3.63, 3.8) is 0 Å². The fraction of sp³-hybridized carbons (Fsp3) is 0.731. The third-order valence-electron chi connectivity index (χ3n) is 6.26. The molecule has 9 heteroatoms. The third kappa shape index (κ3) is 8.83. The second-order valence-corrected chi connectivity index (χ2v) is 9.38. The number of hydrogen-bond donors (Lipinski definition) is 2. The van der Waals surface area contributed by atoms with Crippen LogP contribution < -0.4 is 0 Å². The summed E-state index contributed by atoms with van der Waals surface area (Å²) in [5, 5.41) is 19.4. The lowest BCUT2D eigenvalue weighted by Crippen LogP contribution is -2.63. The highest BCUT2D eigenvalue weighted by Gasteiger charge is 2.59. The fourth-order valence-electron chi connectivity index (χ4n) is 4.34. The van der Waals surface area contributed by atoms with Crippen LogP contribution in [0.2, 0.25) is 0 Å². The van der Waals surface area contributed by atoms with Gasteiger partial charge in [0.05, 0.1) is 25.9 Å². The van der Waals surface area contributed by atoms with Crippen LogP contribution >= 0.6 is 0 Å². The number of unbranched alkanes of at least 4 members (excludes halogenated alkanes) is 4. The van der Waals surface area contributed by atoms with Crippen molar-refractivity contribution < 1.29 is 43.5 Å². The highest BCUT2D eigenvalue weighted by Crippen LogP contribution is 2.48. The summed E-state index contributed by atoms with van der Waals surface area (Å²) in [4.78, 5) is 36.2. The SMILES string of the molecule is CCCCCCCC(=O)O[C@H]1C(=CC(=O)OC)C[C@@H](C[C@@H](O)CO)O[C@@]1(OC)C(C)(C)/C=C/C=O. The molecule has 1 aliphatic rings. The van der Waals surface area contributed by atoms with Crippen LogP contribution in [0.5, 0.6) is 0 Å². The van der Waals surface area contributed by atoms with E-state index in [0.29, 0.717) is 18.3 Å². The Hall–Kier alpha value is -2.07. The summed E-state index contributed by atoms with van der Waals surface area (Å²) in [5.41, 5.74) is -0.626. The van der Waals surface area contributed by atoms with Crippen molar-refractivity contribution >= 4 is 18.2 Å². The zero-order valence-corrected chi connectivity index (χ0v) is 21.7. The van der Waals surface area contributed by atoms with Gasteiger partial charge in [0.1, 0.15) is 6.29 Å². The van der Waals surface area contributed by atoms with Crippen LogP contribution in [0.15, 0.2) is 23.8 Å². The molecular formula is C26H42O9. The molecule has 0 bridgehead atoms. The summed E-state index contributed by atoms with van der Waals surface area (Å²) in [7, 11) is 2.63. The predicted octanol–water partition coefficient (Wildman–Crippen LogP) is 3.01. The van der Waals surface area contributed by atoms with Crippen LogP contribution in [0.25, 0.3) is 0 Å². The van der Waals surface area contributed by atoms with Gasteiger partial charge in [-0.1, -0.05) is 52.5 Å². The standard InChI is InChI=1S/C26H42O9/c1-6-7-8-9-10-12-22(30)34-24-19(16-23(31)32-4)15-21(17-20(29)18-28)35-26(24,33-5)25(2,3)13-11-14-27/h11,13-14,16,20-21,24,28-29H,6-10,12,15,17-18H2,1-5H3/b13-11+,19-16?/t20-,21+,24+,26-/m1/s1. The van der Waals surface area contributed by atoms with E-state index >= 15 is 0 Å². The first-order chi connectivity index (χ1) is 16.6. The molecule has 200 valence electrons. The van der Waals surface area contributed by atoms with Crippen LogP contribution in [0, 0.1) is 5.41 Å². The van der Waals surface area contributed by atoms with Gasteiger partial charge in [-0.15, -0.1) is 0 Å². The van der Waals surface area contributed by atoms with Gasteiger partial charge in [-0.3, -0.25) is 9.59 Å². The zero-order valence-electron chi connectivity index (χ0n) is 21.7. The van der Waals surface area contributed by atoms with Gasteiger partial charge in [0.2, 0.25) is 5.79 Å². The lowest BCUT2D eigenvalue weighted by atomic mass is 9.74. The molecule has 4 atom stereocenters. The number of carbonyl (C=O) groups excluding carboxylic acids is 3. The molecule has 1 rings (SSSR count). The first-order valence-corrected chi connectivity index (χ1v) is 12.2. The Balaban J connectivity index is 3.44. The van der Waals surface area contributed by atoms with Gasteiger partial charge < -0.3 is 29.2 Å². The van der Waals surface area contributed by atoms with E-state index in [9.17, 15) is 24.6 Å². The van der Waals surface area contributed by atoms with E-state index in [-0.39, 0.29) is 19.3 Å². The van der Waals surface area contributed by atoms with Gasteiger partial charge in [0, 0.05) is 31.4 Å². The Morgan fingerprint density at radius 1 is 1.23 bits per heavy atom. The minimum atomic E-state index is -1.64. The Kier molecular flexibility index (Phi) is 13.4. The molecule has 1 aliphatic heterocycles. The summed E-state index contributed by atoms with van der Waals surface area (Å²) in [6, 6.07) is 0. The average molecular weight is 499 g/mol.